The molecular weight excluding hydrogens is 312 g/mol. The van der Waals surface area contributed by atoms with Crippen LogP contribution in [0.15, 0.2) is 35.3 Å². The van der Waals surface area contributed by atoms with Crippen LogP contribution >= 0.6 is 0 Å². The van der Waals surface area contributed by atoms with Crippen LogP contribution in [0.2, 0.25) is 0 Å². The van der Waals surface area contributed by atoms with Crippen molar-refractivity contribution in [2.24, 2.45) is 10.9 Å². The van der Waals surface area contributed by atoms with Gasteiger partial charge in [-0.2, -0.15) is 0 Å². The van der Waals surface area contributed by atoms with E-state index in [9.17, 15) is 0 Å². The number of hydrogen-bond donors (Lipinski definition) is 2. The van der Waals surface area contributed by atoms with Gasteiger partial charge in [-0.25, -0.2) is 0 Å². The van der Waals surface area contributed by atoms with Gasteiger partial charge in [0.15, 0.2) is 5.96 Å². The number of benzene rings is 1. The van der Waals surface area contributed by atoms with Gasteiger partial charge in [0.2, 0.25) is 0 Å². The fourth-order valence-corrected chi connectivity index (χ4v) is 3.15. The second kappa shape index (κ2) is 11.7. The Hall–Kier alpha value is -1.75. The predicted octanol–water partition coefficient (Wildman–Crippen LogP) is 2.74. The molecule has 0 unspecified atom stereocenters. The summed E-state index contributed by atoms with van der Waals surface area (Å²) in [5.74, 6) is 2.63. The average molecular weight is 347 g/mol. The molecule has 1 aliphatic rings. The molecule has 5 heteroatoms. The summed E-state index contributed by atoms with van der Waals surface area (Å²) >= 11 is 0. The number of rotatable bonds is 9. The maximum atomic E-state index is 5.70. The molecule has 0 aromatic heterocycles. The molecular formula is C20H34N4O. The van der Waals surface area contributed by atoms with E-state index >= 15 is 0 Å². The highest BCUT2D eigenvalue weighted by molar-refractivity contribution is 5.79. The number of piperidine rings is 1. The molecule has 2 rings (SSSR count). The van der Waals surface area contributed by atoms with Gasteiger partial charge in [0, 0.05) is 13.1 Å². The predicted molar refractivity (Wildman–Crippen MR) is 105 cm³/mol. The molecule has 1 aromatic carbocycles. The van der Waals surface area contributed by atoms with Crippen molar-refractivity contribution >= 4 is 5.96 Å². The summed E-state index contributed by atoms with van der Waals surface area (Å²) in [6.45, 7) is 11.2. The Bertz CT molecular complexity index is 484. The van der Waals surface area contributed by atoms with Gasteiger partial charge in [-0.05, 0) is 63.9 Å². The van der Waals surface area contributed by atoms with E-state index in [1.807, 2.05) is 30.3 Å². The molecule has 0 atom stereocenters. The van der Waals surface area contributed by atoms with Gasteiger partial charge in [-0.15, -0.1) is 0 Å². The zero-order chi connectivity index (χ0) is 17.7. The monoisotopic (exact) mass is 346 g/mol. The fourth-order valence-electron chi connectivity index (χ4n) is 3.15. The van der Waals surface area contributed by atoms with Gasteiger partial charge in [-0.3, -0.25) is 4.99 Å². The number of ether oxygens (including phenoxy) is 1. The zero-order valence-corrected chi connectivity index (χ0v) is 15.8. The lowest BCUT2D eigenvalue weighted by molar-refractivity contribution is 0.188. The van der Waals surface area contributed by atoms with Crippen LogP contribution in [0, 0.1) is 5.92 Å². The Morgan fingerprint density at radius 2 is 1.92 bits per heavy atom. The van der Waals surface area contributed by atoms with E-state index in [0.717, 1.165) is 37.3 Å². The van der Waals surface area contributed by atoms with Crippen molar-refractivity contribution in [3.05, 3.63) is 30.3 Å². The van der Waals surface area contributed by atoms with Crippen LogP contribution in [0.4, 0.5) is 0 Å². The summed E-state index contributed by atoms with van der Waals surface area (Å²) in [6, 6.07) is 9.91. The number of para-hydroxylation sites is 1. The Kier molecular flexibility index (Phi) is 9.19. The molecule has 1 fully saturated rings. The van der Waals surface area contributed by atoms with Gasteiger partial charge in [-0.1, -0.05) is 25.1 Å². The Morgan fingerprint density at radius 3 is 2.60 bits per heavy atom. The summed E-state index contributed by atoms with van der Waals surface area (Å²) in [7, 11) is 0. The summed E-state index contributed by atoms with van der Waals surface area (Å²) in [5, 5.41) is 6.66. The number of aliphatic imine (C=N–C) groups is 1. The van der Waals surface area contributed by atoms with Crippen molar-refractivity contribution in [3.8, 4) is 5.75 Å². The molecule has 2 N–H and O–H groups in total. The summed E-state index contributed by atoms with van der Waals surface area (Å²) < 4.78 is 5.70. The first-order chi connectivity index (χ1) is 12.3. The number of nitrogens with one attached hydrogen (secondary N) is 2. The summed E-state index contributed by atoms with van der Waals surface area (Å²) in [6.07, 6.45) is 3.82. The smallest absolute Gasteiger partial charge is 0.191 e. The molecule has 0 aliphatic carbocycles. The lowest BCUT2D eigenvalue weighted by Gasteiger charge is -2.30. The number of guanidine groups is 1. The third-order valence-electron chi connectivity index (χ3n) is 4.71. The fraction of sp³-hybridized carbons (Fsp3) is 0.650. The van der Waals surface area contributed by atoms with E-state index in [1.165, 1.54) is 38.9 Å². The molecule has 1 saturated heterocycles. The molecule has 1 aliphatic heterocycles. The average Bonchev–Trinajstić information content (AvgIpc) is 2.66. The topological polar surface area (TPSA) is 48.9 Å². The summed E-state index contributed by atoms with van der Waals surface area (Å²) in [5.41, 5.74) is 0. The van der Waals surface area contributed by atoms with E-state index in [-0.39, 0.29) is 0 Å². The lowest BCUT2D eigenvalue weighted by Crippen LogP contribution is -2.39. The molecule has 25 heavy (non-hydrogen) atoms. The highest BCUT2D eigenvalue weighted by Gasteiger charge is 2.17. The van der Waals surface area contributed by atoms with Crippen molar-refractivity contribution in [2.75, 3.05) is 45.9 Å². The highest BCUT2D eigenvalue weighted by Crippen LogP contribution is 2.20. The molecule has 1 aromatic rings. The molecule has 0 bridgehead atoms. The third kappa shape index (κ3) is 7.78. The molecule has 140 valence electrons. The molecule has 5 nitrogen and oxygen atoms in total. The van der Waals surface area contributed by atoms with Crippen LogP contribution in [0.3, 0.4) is 0 Å². The van der Waals surface area contributed by atoms with E-state index < -0.39 is 0 Å². The second-order valence-corrected chi connectivity index (χ2v) is 6.52. The second-order valence-electron chi connectivity index (χ2n) is 6.52. The summed E-state index contributed by atoms with van der Waals surface area (Å²) in [4.78, 5) is 7.26. The molecule has 0 spiro atoms. The molecule has 1 heterocycles. The maximum absolute atomic E-state index is 5.70. The first kappa shape index (κ1) is 19.6. The van der Waals surface area contributed by atoms with Gasteiger partial charge in [0.25, 0.3) is 0 Å². The minimum Gasteiger partial charge on any atom is -0.492 e. The standard InChI is InChI=1S/C20H34N4O/c1-3-21-20(23-14-17-25-19-8-6-5-7-9-19)22-13-10-18-11-15-24(4-2)16-12-18/h5-9,18H,3-4,10-17H2,1-2H3,(H2,21,22,23). The van der Waals surface area contributed by atoms with E-state index in [0.29, 0.717) is 6.61 Å². The molecule has 0 amide bonds. The Labute approximate surface area is 152 Å². The van der Waals surface area contributed by atoms with Crippen molar-refractivity contribution in [2.45, 2.75) is 33.1 Å². The number of likely N-dealkylation sites (tertiary alicyclic amines) is 1. The lowest BCUT2D eigenvalue weighted by atomic mass is 9.94. The quantitative estimate of drug-likeness (QED) is 0.410. The third-order valence-corrected chi connectivity index (χ3v) is 4.71. The van der Waals surface area contributed by atoms with Gasteiger partial charge >= 0.3 is 0 Å². The Balaban J connectivity index is 1.64. The number of hydrogen-bond acceptors (Lipinski definition) is 3. The normalized spacial score (nSPS) is 16.6. The zero-order valence-electron chi connectivity index (χ0n) is 15.8. The maximum Gasteiger partial charge on any atom is 0.191 e. The van der Waals surface area contributed by atoms with Gasteiger partial charge < -0.3 is 20.3 Å². The van der Waals surface area contributed by atoms with Crippen LogP contribution in [0.25, 0.3) is 0 Å². The van der Waals surface area contributed by atoms with Gasteiger partial charge in [0.05, 0.1) is 6.54 Å². The largest absolute Gasteiger partial charge is 0.492 e. The van der Waals surface area contributed by atoms with Crippen molar-refractivity contribution in [3.63, 3.8) is 0 Å². The molecule has 0 radical (unpaired) electrons. The highest BCUT2D eigenvalue weighted by atomic mass is 16.5. The van der Waals surface area contributed by atoms with E-state index in [4.69, 9.17) is 9.73 Å². The van der Waals surface area contributed by atoms with Crippen LogP contribution < -0.4 is 15.4 Å². The Morgan fingerprint density at radius 1 is 1.16 bits per heavy atom. The first-order valence-electron chi connectivity index (χ1n) is 9.74. The van der Waals surface area contributed by atoms with Crippen molar-refractivity contribution < 1.29 is 4.74 Å². The van der Waals surface area contributed by atoms with Gasteiger partial charge in [0.1, 0.15) is 12.4 Å². The van der Waals surface area contributed by atoms with Crippen LogP contribution in [-0.4, -0.2) is 56.7 Å². The van der Waals surface area contributed by atoms with Crippen LogP contribution in [0.1, 0.15) is 33.1 Å². The molecule has 0 saturated carbocycles. The van der Waals surface area contributed by atoms with Crippen LogP contribution in [0.5, 0.6) is 5.75 Å². The van der Waals surface area contributed by atoms with Crippen LogP contribution in [-0.2, 0) is 0 Å². The van der Waals surface area contributed by atoms with Crippen molar-refractivity contribution in [1.82, 2.24) is 15.5 Å². The minimum atomic E-state index is 0.629. The van der Waals surface area contributed by atoms with E-state index in [2.05, 4.69) is 29.4 Å². The minimum absolute atomic E-state index is 0.629. The van der Waals surface area contributed by atoms with E-state index in [1.54, 1.807) is 0 Å². The van der Waals surface area contributed by atoms with Crippen molar-refractivity contribution in [1.29, 1.82) is 0 Å². The SMILES string of the molecule is CCNC(=NCCC1CCN(CC)CC1)NCCOc1ccccc1. The first-order valence-corrected chi connectivity index (χ1v) is 9.74. The number of nitrogens with zero attached hydrogens (tertiary/aromatic N) is 2.